The first kappa shape index (κ1) is 37.6. The standard InChI is InChI=1S/H4OSi.H2O.2H3P/c1-2;;;/h1H,2H3;1H2;2*1H3. The normalized spacial score (nSPS) is 1.80. The maximum Gasteiger partial charge on any atom is 0.141 e. The Hall–Kier alpha value is 0.997. The molecule has 2 unspecified atom stereocenters. The maximum atomic E-state index is 7.14. The molecule has 0 aliphatic heterocycles. The van der Waals surface area contributed by atoms with Crippen molar-refractivity contribution in [3.8, 4) is 0 Å². The van der Waals surface area contributed by atoms with E-state index in [1.54, 1.807) is 0 Å². The molecule has 0 saturated carbocycles. The summed E-state index contributed by atoms with van der Waals surface area (Å²) in [5.74, 6) is 0. The Bertz CT molecular complexity index is 7.61. The fourth-order valence-electron chi connectivity index (χ4n) is 0. The van der Waals surface area contributed by atoms with Crippen LogP contribution in [0.5, 0.6) is 0 Å². The van der Waals surface area contributed by atoms with Crippen molar-refractivity contribution in [1.29, 1.82) is 0 Å². The molecule has 0 spiro atoms. The molecular weight excluding hydrogens is 122 g/mol. The second kappa shape index (κ2) is 80.3. The van der Waals surface area contributed by atoms with Gasteiger partial charge in [0.15, 0.2) is 0 Å². The number of hydrogen-bond acceptors (Lipinski definition) is 1. The van der Waals surface area contributed by atoms with Crippen LogP contribution in [-0.4, -0.2) is 20.8 Å². The molecule has 0 aromatic heterocycles. The van der Waals surface area contributed by atoms with E-state index in [1.807, 2.05) is 0 Å². The van der Waals surface area contributed by atoms with Gasteiger partial charge in [0.1, 0.15) is 10.5 Å². The van der Waals surface area contributed by atoms with Crippen LogP contribution in [0.3, 0.4) is 0 Å². The van der Waals surface area contributed by atoms with Crippen molar-refractivity contribution >= 4 is 30.3 Å². The monoisotopic (exact) mass is 134 g/mol. The van der Waals surface area contributed by atoms with Crippen molar-refractivity contribution in [2.45, 2.75) is 0 Å². The fraction of sp³-hybridized carbons (Fsp3) is 0. The third-order valence-electron chi connectivity index (χ3n) is 0. The smallest absolute Gasteiger partial charge is 0.141 e. The quantitative estimate of drug-likeness (QED) is 0.290. The molecule has 0 heterocycles. The Morgan fingerprint density at radius 3 is 1.00 bits per heavy atom. The molecule has 0 radical (unpaired) electrons. The van der Waals surface area contributed by atoms with E-state index in [1.165, 1.54) is 0 Å². The number of hydrogen-bond donors (Lipinski definition) is 1. The van der Waals surface area contributed by atoms with E-state index >= 15 is 0 Å². The van der Waals surface area contributed by atoms with E-state index in [4.69, 9.17) is 4.80 Å². The maximum absolute atomic E-state index is 7.14. The molecule has 5 heavy (non-hydrogen) atoms. The highest BCUT2D eigenvalue weighted by Gasteiger charge is 0.891. The fourth-order valence-corrected chi connectivity index (χ4v) is 0. The van der Waals surface area contributed by atoms with Crippen LogP contribution in [0.2, 0.25) is 0 Å². The van der Waals surface area contributed by atoms with Crippen LogP contribution in [0.25, 0.3) is 0 Å². The summed E-state index contributed by atoms with van der Waals surface area (Å²) >= 11 is 0. The summed E-state index contributed by atoms with van der Waals surface area (Å²) in [7, 11) is 0.306. The van der Waals surface area contributed by atoms with Crippen LogP contribution in [0, 0.1) is 0 Å². The first-order valence-corrected chi connectivity index (χ1v) is 1.34. The van der Waals surface area contributed by atoms with Gasteiger partial charge in [-0.3, -0.25) is 0 Å². The van der Waals surface area contributed by atoms with Crippen LogP contribution in [-0.2, 0) is 0 Å². The van der Waals surface area contributed by atoms with E-state index in [2.05, 4.69) is 0 Å². The number of rotatable bonds is 0. The molecule has 3 N–H and O–H groups in total. The minimum absolute atomic E-state index is 0. The van der Waals surface area contributed by atoms with Gasteiger partial charge in [-0.15, -0.1) is 0 Å². The average molecular weight is 134 g/mol. The van der Waals surface area contributed by atoms with Gasteiger partial charge in [0.25, 0.3) is 0 Å². The van der Waals surface area contributed by atoms with Gasteiger partial charge in [0.2, 0.25) is 0 Å². The lowest BCUT2D eigenvalue weighted by Gasteiger charge is -1.19. The lowest BCUT2D eigenvalue weighted by atomic mass is 15.9. The van der Waals surface area contributed by atoms with Gasteiger partial charge in [-0.2, -0.15) is 19.8 Å². The van der Waals surface area contributed by atoms with Crippen molar-refractivity contribution in [2.24, 2.45) is 0 Å². The highest BCUT2D eigenvalue weighted by atomic mass is 31.0. The zero-order valence-corrected chi connectivity index (χ0v) is 8.19. The largest absolute Gasteiger partial charge is 0.442 e. The Morgan fingerprint density at radius 2 is 1.00 bits per heavy atom. The molecule has 0 aromatic rings. The molecule has 0 saturated heterocycles. The highest BCUT2D eigenvalue weighted by Crippen LogP contribution is 0.862. The van der Waals surface area contributed by atoms with Gasteiger partial charge in [-0.1, -0.05) is 0 Å². The summed E-state index contributed by atoms with van der Waals surface area (Å²) in [6.45, 7) is 0. The lowest BCUT2D eigenvalue weighted by Crippen LogP contribution is -1.34. The van der Waals surface area contributed by atoms with Crippen molar-refractivity contribution in [3.63, 3.8) is 0 Å². The van der Waals surface area contributed by atoms with Crippen LogP contribution in [0.4, 0.5) is 0 Å². The Morgan fingerprint density at radius 1 is 1.00 bits per heavy atom. The summed E-state index contributed by atoms with van der Waals surface area (Å²) in [5.41, 5.74) is 0. The zero-order valence-electron chi connectivity index (χ0n) is 3.36. The first-order chi connectivity index (χ1) is 1.00. The minimum Gasteiger partial charge on any atom is -0.442 e. The van der Waals surface area contributed by atoms with Gasteiger partial charge in [-0.05, 0) is 0 Å². The third kappa shape index (κ3) is 45.2. The van der Waals surface area contributed by atoms with E-state index in [-0.39, 0.29) is 25.3 Å². The van der Waals surface area contributed by atoms with Gasteiger partial charge in [-0.25, -0.2) is 0 Å². The molecule has 0 amide bonds. The van der Waals surface area contributed by atoms with Crippen molar-refractivity contribution in [1.82, 2.24) is 0 Å². The summed E-state index contributed by atoms with van der Waals surface area (Å²) in [4.78, 5) is 7.14. The van der Waals surface area contributed by atoms with E-state index in [0.717, 1.165) is 0 Å². The Labute approximate surface area is 41.4 Å². The second-order valence-electron chi connectivity index (χ2n) is 0. The van der Waals surface area contributed by atoms with Crippen LogP contribution >= 0.6 is 19.8 Å². The van der Waals surface area contributed by atoms with Crippen molar-refractivity contribution in [2.75, 3.05) is 0 Å². The molecule has 0 rings (SSSR count). The Kier molecular flexibility index (Phi) is 603. The molecule has 2 nitrogen and oxygen atoms in total. The van der Waals surface area contributed by atoms with Crippen LogP contribution in [0.1, 0.15) is 0 Å². The second-order valence-corrected chi connectivity index (χ2v) is 0. The molecular formula is H12O2P2Si. The van der Waals surface area contributed by atoms with Crippen molar-refractivity contribution < 1.29 is 10.3 Å². The van der Waals surface area contributed by atoms with E-state index < -0.39 is 0 Å². The topological polar surface area (TPSA) is 51.7 Å². The van der Waals surface area contributed by atoms with Crippen molar-refractivity contribution in [3.05, 3.63) is 0 Å². The average Bonchev–Trinajstić information content (AvgIpc) is 1.00. The summed E-state index contributed by atoms with van der Waals surface area (Å²) in [5, 5.41) is 0. The van der Waals surface area contributed by atoms with Gasteiger partial charge >= 0.3 is 0 Å². The summed E-state index contributed by atoms with van der Waals surface area (Å²) in [6, 6.07) is 0. The molecule has 0 aromatic carbocycles. The molecule has 0 aliphatic rings. The summed E-state index contributed by atoms with van der Waals surface area (Å²) in [6.07, 6.45) is 0. The molecule has 38 valence electrons. The van der Waals surface area contributed by atoms with E-state index in [9.17, 15) is 0 Å². The third-order valence-corrected chi connectivity index (χ3v) is 0. The minimum atomic E-state index is 0. The van der Waals surface area contributed by atoms with Crippen LogP contribution in [0.15, 0.2) is 0 Å². The SMILES string of the molecule is O.O[SiH3].P.P. The Balaban J connectivity index is -0.00000000167. The van der Waals surface area contributed by atoms with Gasteiger partial charge < -0.3 is 10.3 Å². The molecule has 0 fully saturated rings. The zero-order chi connectivity index (χ0) is 2.00. The molecule has 5 heteroatoms. The molecule has 2 atom stereocenters. The van der Waals surface area contributed by atoms with Gasteiger partial charge in [0.05, 0.1) is 0 Å². The van der Waals surface area contributed by atoms with Gasteiger partial charge in [0, 0.05) is 0 Å². The summed E-state index contributed by atoms with van der Waals surface area (Å²) < 4.78 is 0. The van der Waals surface area contributed by atoms with E-state index in [0.29, 0.717) is 10.5 Å². The lowest BCUT2D eigenvalue weighted by molar-refractivity contribution is 0.629. The first-order valence-electron chi connectivity index (χ1n) is 0.447. The predicted octanol–water partition coefficient (Wildman–Crippen LogP) is -2.45. The molecule has 0 bridgehead atoms. The molecule has 0 aliphatic carbocycles. The van der Waals surface area contributed by atoms with Crippen LogP contribution < -0.4 is 0 Å². The predicted molar refractivity (Wildman–Crippen MR) is 38.0 cm³/mol. The highest BCUT2D eigenvalue weighted by molar-refractivity contribution is 6.92.